The number of benzene rings is 1. The molecule has 0 radical (unpaired) electrons. The third-order valence-electron chi connectivity index (χ3n) is 2.67. The number of hydrogen-bond donors (Lipinski definition) is 2. The Labute approximate surface area is 112 Å². The largest absolute Gasteiger partial charge is 0.493 e. The van der Waals surface area contributed by atoms with Crippen molar-refractivity contribution in [3.63, 3.8) is 0 Å². The van der Waals surface area contributed by atoms with Crippen LogP contribution in [0.1, 0.15) is 12.5 Å². The lowest BCUT2D eigenvalue weighted by Crippen LogP contribution is -2.14. The van der Waals surface area contributed by atoms with Gasteiger partial charge in [0.15, 0.2) is 11.5 Å². The van der Waals surface area contributed by atoms with Crippen molar-refractivity contribution in [2.75, 3.05) is 20.8 Å². The van der Waals surface area contributed by atoms with Crippen LogP contribution in [0.4, 0.5) is 0 Å². The van der Waals surface area contributed by atoms with Crippen molar-refractivity contribution in [3.05, 3.63) is 35.4 Å². The predicted molar refractivity (Wildman–Crippen MR) is 72.6 cm³/mol. The highest BCUT2D eigenvalue weighted by molar-refractivity contribution is 5.85. The van der Waals surface area contributed by atoms with Crippen molar-refractivity contribution in [2.24, 2.45) is 0 Å². The smallest absolute Gasteiger partial charge is 0.330 e. The van der Waals surface area contributed by atoms with E-state index < -0.39 is 5.97 Å². The fourth-order valence-electron chi connectivity index (χ4n) is 1.52. The summed E-state index contributed by atoms with van der Waals surface area (Å²) in [6, 6.07) is 5.66. The fraction of sp³-hybridized carbons (Fsp3) is 0.357. The van der Waals surface area contributed by atoms with Crippen molar-refractivity contribution in [3.8, 4) is 11.5 Å². The van der Waals surface area contributed by atoms with E-state index in [1.54, 1.807) is 27.2 Å². The third-order valence-corrected chi connectivity index (χ3v) is 2.67. The van der Waals surface area contributed by atoms with Gasteiger partial charge < -0.3 is 19.9 Å². The van der Waals surface area contributed by atoms with Gasteiger partial charge in [-0.3, -0.25) is 0 Å². The monoisotopic (exact) mass is 265 g/mol. The molecule has 0 aliphatic carbocycles. The zero-order chi connectivity index (χ0) is 14.3. The molecule has 2 N–H and O–H groups in total. The maximum Gasteiger partial charge on any atom is 0.330 e. The first-order valence-electron chi connectivity index (χ1n) is 5.90. The third kappa shape index (κ3) is 4.63. The van der Waals surface area contributed by atoms with Crippen LogP contribution in [0.3, 0.4) is 0 Å². The molecule has 0 saturated heterocycles. The standard InChI is InChI=1S/C14H19NO4/c1-10(14(16)17)6-7-15-9-11-4-5-12(18-2)13(8-11)19-3/h4-6,8,15H,7,9H2,1-3H3,(H,16,17)/b10-6-. The van der Waals surface area contributed by atoms with Crippen molar-refractivity contribution in [2.45, 2.75) is 13.5 Å². The van der Waals surface area contributed by atoms with E-state index in [9.17, 15) is 4.79 Å². The number of rotatable bonds is 7. The molecule has 5 heteroatoms. The maximum absolute atomic E-state index is 10.6. The molecule has 1 aromatic rings. The minimum absolute atomic E-state index is 0.333. The number of hydrogen-bond acceptors (Lipinski definition) is 4. The first kappa shape index (κ1) is 15.0. The van der Waals surface area contributed by atoms with Gasteiger partial charge >= 0.3 is 5.97 Å². The minimum Gasteiger partial charge on any atom is -0.493 e. The Bertz CT molecular complexity index is 469. The fourth-order valence-corrected chi connectivity index (χ4v) is 1.52. The molecule has 0 spiro atoms. The molecular weight excluding hydrogens is 246 g/mol. The second-order valence-electron chi connectivity index (χ2n) is 4.01. The predicted octanol–water partition coefficient (Wildman–Crippen LogP) is 1.82. The Hall–Kier alpha value is -2.01. The highest BCUT2D eigenvalue weighted by Gasteiger charge is 2.04. The Kier molecular flexibility index (Phi) is 5.89. The summed E-state index contributed by atoms with van der Waals surface area (Å²) in [5.74, 6) is 0.472. The van der Waals surface area contributed by atoms with Crippen molar-refractivity contribution >= 4 is 5.97 Å². The van der Waals surface area contributed by atoms with Gasteiger partial charge in [0.05, 0.1) is 14.2 Å². The van der Waals surface area contributed by atoms with Crippen LogP contribution in [0, 0.1) is 0 Å². The Morgan fingerprint density at radius 3 is 2.58 bits per heavy atom. The minimum atomic E-state index is -0.895. The van der Waals surface area contributed by atoms with Gasteiger partial charge in [0.2, 0.25) is 0 Å². The second-order valence-corrected chi connectivity index (χ2v) is 4.01. The van der Waals surface area contributed by atoms with Crippen LogP contribution in [0.5, 0.6) is 11.5 Å². The molecule has 0 saturated carbocycles. The number of carboxylic acid groups (broad SMARTS) is 1. The lowest BCUT2D eigenvalue weighted by atomic mass is 10.2. The Balaban J connectivity index is 2.54. The van der Waals surface area contributed by atoms with Crippen molar-refractivity contribution in [1.29, 1.82) is 0 Å². The van der Waals surface area contributed by atoms with E-state index in [2.05, 4.69) is 5.32 Å². The summed E-state index contributed by atoms with van der Waals surface area (Å²) in [6.45, 7) is 2.71. The summed E-state index contributed by atoms with van der Waals surface area (Å²) in [5, 5.41) is 11.8. The number of carbonyl (C=O) groups is 1. The number of methoxy groups -OCH3 is 2. The first-order chi connectivity index (χ1) is 9.08. The molecule has 0 heterocycles. The molecule has 0 aliphatic heterocycles. The van der Waals surface area contributed by atoms with E-state index >= 15 is 0 Å². The molecule has 0 aliphatic rings. The van der Waals surface area contributed by atoms with Gasteiger partial charge in [-0.1, -0.05) is 12.1 Å². The molecule has 0 aromatic heterocycles. The summed E-state index contributed by atoms with van der Waals surface area (Å²) in [7, 11) is 3.18. The normalized spacial score (nSPS) is 11.2. The average Bonchev–Trinajstić information content (AvgIpc) is 2.42. The van der Waals surface area contributed by atoms with Crippen LogP contribution in [0.2, 0.25) is 0 Å². The molecule has 1 rings (SSSR count). The molecule has 19 heavy (non-hydrogen) atoms. The molecule has 0 amide bonds. The summed E-state index contributed by atoms with van der Waals surface area (Å²) in [5.41, 5.74) is 1.37. The van der Waals surface area contributed by atoms with Crippen LogP contribution in [-0.4, -0.2) is 31.8 Å². The van der Waals surface area contributed by atoms with Gasteiger partial charge in [-0.2, -0.15) is 0 Å². The summed E-state index contributed by atoms with van der Waals surface area (Å²) >= 11 is 0. The summed E-state index contributed by atoms with van der Waals surface area (Å²) < 4.78 is 10.4. The highest BCUT2D eigenvalue weighted by atomic mass is 16.5. The lowest BCUT2D eigenvalue weighted by Gasteiger charge is -2.09. The lowest BCUT2D eigenvalue weighted by molar-refractivity contribution is -0.132. The molecule has 104 valence electrons. The summed E-state index contributed by atoms with van der Waals surface area (Å²) in [4.78, 5) is 10.6. The van der Waals surface area contributed by atoms with Crippen LogP contribution in [-0.2, 0) is 11.3 Å². The van der Waals surface area contributed by atoms with Crippen LogP contribution < -0.4 is 14.8 Å². The number of ether oxygens (including phenoxy) is 2. The maximum atomic E-state index is 10.6. The molecular formula is C14H19NO4. The van der Waals surface area contributed by atoms with Gasteiger partial charge in [-0.05, 0) is 24.6 Å². The van der Waals surface area contributed by atoms with Crippen molar-refractivity contribution < 1.29 is 19.4 Å². The van der Waals surface area contributed by atoms with E-state index in [-0.39, 0.29) is 0 Å². The Morgan fingerprint density at radius 1 is 1.32 bits per heavy atom. The zero-order valence-corrected chi connectivity index (χ0v) is 11.4. The van der Waals surface area contributed by atoms with Gasteiger partial charge in [0.25, 0.3) is 0 Å². The molecule has 0 atom stereocenters. The van der Waals surface area contributed by atoms with Gasteiger partial charge in [0.1, 0.15) is 0 Å². The average molecular weight is 265 g/mol. The molecule has 0 unspecified atom stereocenters. The van der Waals surface area contributed by atoms with Crippen molar-refractivity contribution in [1.82, 2.24) is 5.32 Å². The van der Waals surface area contributed by atoms with Crippen LogP contribution >= 0.6 is 0 Å². The topological polar surface area (TPSA) is 67.8 Å². The van der Waals surface area contributed by atoms with E-state index in [4.69, 9.17) is 14.6 Å². The number of carboxylic acids is 1. The number of nitrogens with one attached hydrogen (secondary N) is 1. The van der Waals surface area contributed by atoms with E-state index in [0.717, 1.165) is 5.56 Å². The summed E-state index contributed by atoms with van der Waals surface area (Å²) in [6.07, 6.45) is 1.64. The van der Waals surface area contributed by atoms with E-state index in [1.807, 2.05) is 18.2 Å². The molecule has 0 bridgehead atoms. The molecule has 0 fully saturated rings. The second kappa shape index (κ2) is 7.43. The quantitative estimate of drug-likeness (QED) is 0.581. The van der Waals surface area contributed by atoms with Gasteiger partial charge in [0, 0.05) is 18.7 Å². The first-order valence-corrected chi connectivity index (χ1v) is 5.90. The Morgan fingerprint density at radius 2 is 2.00 bits per heavy atom. The van der Waals surface area contributed by atoms with Crippen LogP contribution in [0.15, 0.2) is 29.8 Å². The number of aliphatic carboxylic acids is 1. The molecule has 1 aromatic carbocycles. The van der Waals surface area contributed by atoms with E-state index in [0.29, 0.717) is 30.2 Å². The van der Waals surface area contributed by atoms with Gasteiger partial charge in [-0.15, -0.1) is 0 Å². The van der Waals surface area contributed by atoms with E-state index in [1.165, 1.54) is 0 Å². The highest BCUT2D eigenvalue weighted by Crippen LogP contribution is 2.27. The van der Waals surface area contributed by atoms with Gasteiger partial charge in [-0.25, -0.2) is 4.79 Å². The molecule has 5 nitrogen and oxygen atoms in total. The SMILES string of the molecule is COc1ccc(CNC/C=C(/C)C(=O)O)cc1OC. The zero-order valence-electron chi connectivity index (χ0n) is 11.4. The van der Waals surface area contributed by atoms with Crippen LogP contribution in [0.25, 0.3) is 0 Å².